The Kier molecular flexibility index (Phi) is 6.36. The molecular weight excluding hydrogens is 398 g/mol. The third-order valence-electron chi connectivity index (χ3n) is 5.18. The number of nitrogens with zero attached hydrogens (tertiary/aromatic N) is 2. The summed E-state index contributed by atoms with van der Waals surface area (Å²) in [6, 6.07) is 2.70. The van der Waals surface area contributed by atoms with E-state index in [1.54, 1.807) is 6.92 Å². The number of alkyl halides is 6. The van der Waals surface area contributed by atoms with Crippen molar-refractivity contribution in [3.8, 4) is 0 Å². The van der Waals surface area contributed by atoms with Crippen molar-refractivity contribution in [2.24, 2.45) is 0 Å². The largest absolute Gasteiger partial charge is 0.430 e. The standard InChI is InChI=1S/C20H26F6N2O/c1-5-6-14-13-15(18(29,19(21,22)23)20(24,25)26)7-8-16(14)27-9-11-28(12-10-27)17(2,3)4/h5-8,13,29H,9-12H2,1-4H3. The average Bonchev–Trinajstić information content (AvgIpc) is 2.58. The Morgan fingerprint density at radius 3 is 1.83 bits per heavy atom. The molecule has 29 heavy (non-hydrogen) atoms. The van der Waals surface area contributed by atoms with E-state index in [9.17, 15) is 31.4 Å². The maximum Gasteiger partial charge on any atom is 0.430 e. The van der Waals surface area contributed by atoms with Crippen LogP contribution in [-0.4, -0.2) is 54.1 Å². The van der Waals surface area contributed by atoms with E-state index in [4.69, 9.17) is 0 Å². The number of hydrogen-bond acceptors (Lipinski definition) is 3. The monoisotopic (exact) mass is 424 g/mol. The van der Waals surface area contributed by atoms with Crippen LogP contribution >= 0.6 is 0 Å². The van der Waals surface area contributed by atoms with E-state index in [0.717, 1.165) is 19.2 Å². The molecular formula is C20H26F6N2O. The third kappa shape index (κ3) is 4.55. The van der Waals surface area contributed by atoms with Crippen LogP contribution in [0.3, 0.4) is 0 Å². The lowest BCUT2D eigenvalue weighted by molar-refractivity contribution is -0.376. The number of rotatable bonds is 3. The molecule has 1 fully saturated rings. The number of hydrogen-bond donors (Lipinski definition) is 1. The highest BCUT2D eigenvalue weighted by Crippen LogP contribution is 2.50. The molecule has 0 spiro atoms. The summed E-state index contributed by atoms with van der Waals surface area (Å²) in [7, 11) is 0. The quantitative estimate of drug-likeness (QED) is 0.696. The zero-order valence-electron chi connectivity index (χ0n) is 16.8. The topological polar surface area (TPSA) is 26.7 Å². The van der Waals surface area contributed by atoms with E-state index in [1.807, 2.05) is 4.90 Å². The highest BCUT2D eigenvalue weighted by atomic mass is 19.4. The zero-order valence-corrected chi connectivity index (χ0v) is 16.8. The smallest absolute Gasteiger partial charge is 0.369 e. The van der Waals surface area contributed by atoms with Crippen molar-refractivity contribution < 1.29 is 31.4 Å². The van der Waals surface area contributed by atoms with Crippen molar-refractivity contribution in [1.29, 1.82) is 0 Å². The van der Waals surface area contributed by atoms with E-state index >= 15 is 0 Å². The molecule has 0 saturated carbocycles. The second-order valence-electron chi connectivity index (χ2n) is 8.12. The first-order valence-corrected chi connectivity index (χ1v) is 9.26. The molecule has 0 aliphatic carbocycles. The number of aliphatic hydroxyl groups is 1. The van der Waals surface area contributed by atoms with Gasteiger partial charge in [0.05, 0.1) is 0 Å². The molecule has 0 unspecified atom stereocenters. The van der Waals surface area contributed by atoms with E-state index in [-0.39, 0.29) is 11.1 Å². The average molecular weight is 424 g/mol. The van der Waals surface area contributed by atoms with Crippen molar-refractivity contribution in [3.05, 3.63) is 35.4 Å². The van der Waals surface area contributed by atoms with Crippen molar-refractivity contribution >= 4 is 11.8 Å². The molecule has 1 heterocycles. The Bertz CT molecular complexity index is 727. The van der Waals surface area contributed by atoms with Gasteiger partial charge in [0.2, 0.25) is 0 Å². The molecule has 0 bridgehead atoms. The van der Waals surface area contributed by atoms with Gasteiger partial charge in [-0.25, -0.2) is 0 Å². The summed E-state index contributed by atoms with van der Waals surface area (Å²) in [5, 5.41) is 9.68. The number of allylic oxidation sites excluding steroid dienone is 1. The number of benzene rings is 1. The Morgan fingerprint density at radius 2 is 1.41 bits per heavy atom. The van der Waals surface area contributed by atoms with Gasteiger partial charge < -0.3 is 10.0 Å². The van der Waals surface area contributed by atoms with Gasteiger partial charge in [-0.15, -0.1) is 0 Å². The third-order valence-corrected chi connectivity index (χ3v) is 5.18. The SMILES string of the molecule is CC=Cc1cc(C(O)(C(F)(F)F)C(F)(F)F)ccc1N1CCN(C(C)(C)C)CC1. The lowest BCUT2D eigenvalue weighted by atomic mass is 9.90. The predicted octanol–water partition coefficient (Wildman–Crippen LogP) is 4.95. The maximum atomic E-state index is 13.2. The van der Waals surface area contributed by atoms with Gasteiger partial charge >= 0.3 is 12.4 Å². The van der Waals surface area contributed by atoms with Crippen LogP contribution in [0.15, 0.2) is 24.3 Å². The molecule has 164 valence electrons. The van der Waals surface area contributed by atoms with Crippen LogP contribution in [0.25, 0.3) is 6.08 Å². The minimum Gasteiger partial charge on any atom is -0.369 e. The molecule has 2 rings (SSSR count). The van der Waals surface area contributed by atoms with Gasteiger partial charge in [-0.3, -0.25) is 4.90 Å². The fraction of sp³-hybridized carbons (Fsp3) is 0.600. The van der Waals surface area contributed by atoms with Gasteiger partial charge in [0, 0.05) is 43.0 Å². The van der Waals surface area contributed by atoms with Gasteiger partial charge in [0.25, 0.3) is 5.60 Å². The lowest BCUT2D eigenvalue weighted by Gasteiger charge is -2.43. The molecule has 0 atom stereocenters. The Morgan fingerprint density at radius 1 is 0.897 bits per heavy atom. The predicted molar refractivity (Wildman–Crippen MR) is 101 cm³/mol. The zero-order chi connectivity index (χ0) is 22.3. The molecule has 1 aliphatic heterocycles. The minimum atomic E-state index is -5.90. The molecule has 1 saturated heterocycles. The van der Waals surface area contributed by atoms with Gasteiger partial charge in [0.1, 0.15) is 0 Å². The Labute approximate surface area is 166 Å². The van der Waals surface area contributed by atoms with Crippen molar-refractivity contribution in [3.63, 3.8) is 0 Å². The van der Waals surface area contributed by atoms with Crippen LogP contribution in [0, 0.1) is 0 Å². The first-order valence-electron chi connectivity index (χ1n) is 9.26. The minimum absolute atomic E-state index is 0.0298. The lowest BCUT2D eigenvalue weighted by Crippen LogP contribution is -2.54. The number of halogens is 6. The van der Waals surface area contributed by atoms with Crippen LogP contribution in [0.1, 0.15) is 38.8 Å². The molecule has 1 aliphatic rings. The van der Waals surface area contributed by atoms with Crippen molar-refractivity contribution in [2.45, 2.75) is 51.2 Å². The van der Waals surface area contributed by atoms with Gasteiger partial charge in [0.15, 0.2) is 0 Å². The van der Waals surface area contributed by atoms with Crippen LogP contribution in [0.4, 0.5) is 32.0 Å². The second-order valence-corrected chi connectivity index (χ2v) is 8.12. The van der Waals surface area contributed by atoms with E-state index < -0.39 is 23.5 Å². The number of anilines is 1. The summed E-state index contributed by atoms with van der Waals surface area (Å²) in [4.78, 5) is 4.20. The van der Waals surface area contributed by atoms with Gasteiger partial charge in [-0.2, -0.15) is 26.3 Å². The summed E-state index contributed by atoms with van der Waals surface area (Å²) >= 11 is 0. The molecule has 1 aromatic rings. The fourth-order valence-corrected chi connectivity index (χ4v) is 3.49. The molecule has 0 aromatic heterocycles. The van der Waals surface area contributed by atoms with E-state index in [2.05, 4.69) is 25.7 Å². The summed E-state index contributed by atoms with van der Waals surface area (Å²) in [5.74, 6) is 0. The fourth-order valence-electron chi connectivity index (χ4n) is 3.49. The summed E-state index contributed by atoms with van der Waals surface area (Å²) < 4.78 is 79.3. The van der Waals surface area contributed by atoms with Crippen LogP contribution in [0.5, 0.6) is 0 Å². The second kappa shape index (κ2) is 7.83. The van der Waals surface area contributed by atoms with Gasteiger partial charge in [-0.05, 0) is 45.4 Å². The van der Waals surface area contributed by atoms with E-state index in [0.29, 0.717) is 24.8 Å². The molecule has 9 heteroatoms. The van der Waals surface area contributed by atoms with Crippen LogP contribution in [0.2, 0.25) is 0 Å². The molecule has 0 amide bonds. The van der Waals surface area contributed by atoms with Crippen molar-refractivity contribution in [2.75, 3.05) is 31.1 Å². The van der Waals surface area contributed by atoms with Crippen molar-refractivity contribution in [1.82, 2.24) is 4.90 Å². The summed E-state index contributed by atoms with van der Waals surface area (Å²) in [5.41, 5.74) is -5.48. The Hall–Kier alpha value is -1.74. The highest BCUT2D eigenvalue weighted by molar-refractivity contribution is 5.69. The molecule has 1 aromatic carbocycles. The first kappa shape index (κ1) is 23.5. The summed E-state index contributed by atoms with van der Waals surface area (Å²) in [6.07, 6.45) is -8.83. The molecule has 0 radical (unpaired) electrons. The van der Waals surface area contributed by atoms with E-state index in [1.165, 1.54) is 18.2 Å². The number of piperazine rings is 1. The Balaban J connectivity index is 2.44. The normalized spacial score (nSPS) is 18.0. The van der Waals surface area contributed by atoms with Crippen LogP contribution < -0.4 is 4.90 Å². The van der Waals surface area contributed by atoms with Gasteiger partial charge in [-0.1, -0.05) is 18.2 Å². The maximum absolute atomic E-state index is 13.2. The molecule has 1 N–H and O–H groups in total. The molecule has 3 nitrogen and oxygen atoms in total. The summed E-state index contributed by atoms with van der Waals surface area (Å²) in [6.45, 7) is 10.5. The van der Waals surface area contributed by atoms with Crippen LogP contribution in [-0.2, 0) is 5.60 Å². The first-order chi connectivity index (χ1) is 13.1. The highest BCUT2D eigenvalue weighted by Gasteiger charge is 2.71.